The number of hydrogen-bond donors (Lipinski definition) is 0. The van der Waals surface area contributed by atoms with Crippen molar-refractivity contribution in [2.75, 3.05) is 11.4 Å². The summed E-state index contributed by atoms with van der Waals surface area (Å²) in [4.78, 5) is 13.4. The van der Waals surface area contributed by atoms with Gasteiger partial charge in [0.2, 0.25) is 5.91 Å². The predicted molar refractivity (Wildman–Crippen MR) is 61.9 cm³/mol. The molecule has 0 N–H and O–H groups in total. The number of rotatable bonds is 3. The first-order chi connectivity index (χ1) is 8.22. The van der Waals surface area contributed by atoms with Crippen LogP contribution in [-0.4, -0.2) is 12.5 Å². The fourth-order valence-corrected chi connectivity index (χ4v) is 2.07. The van der Waals surface area contributed by atoms with Gasteiger partial charge in [-0.1, -0.05) is 6.07 Å². The van der Waals surface area contributed by atoms with Gasteiger partial charge in [-0.05, 0) is 30.5 Å². The fourth-order valence-electron chi connectivity index (χ4n) is 2.07. The highest BCUT2D eigenvalue weighted by Crippen LogP contribution is 2.28. The van der Waals surface area contributed by atoms with Crippen LogP contribution < -0.4 is 4.90 Å². The molecule has 0 saturated carbocycles. The molecule has 0 aromatic heterocycles. The molecule has 17 heavy (non-hydrogen) atoms. The van der Waals surface area contributed by atoms with Crippen molar-refractivity contribution in [2.45, 2.75) is 25.7 Å². The zero-order chi connectivity index (χ0) is 12.3. The zero-order valence-electron chi connectivity index (χ0n) is 9.45. The number of carbonyl (C=O) groups excluding carboxylic acids is 1. The van der Waals surface area contributed by atoms with Crippen molar-refractivity contribution in [1.29, 1.82) is 5.26 Å². The highest BCUT2D eigenvalue weighted by molar-refractivity contribution is 5.96. The second-order valence-electron chi connectivity index (χ2n) is 4.08. The van der Waals surface area contributed by atoms with E-state index in [1.807, 2.05) is 6.07 Å². The lowest BCUT2D eigenvalue weighted by Crippen LogP contribution is -2.35. The van der Waals surface area contributed by atoms with Crippen molar-refractivity contribution in [1.82, 2.24) is 0 Å². The summed E-state index contributed by atoms with van der Waals surface area (Å²) in [6.07, 6.45) is 2.17. The third-order valence-electron chi connectivity index (χ3n) is 2.92. The van der Waals surface area contributed by atoms with Gasteiger partial charge in [0.25, 0.3) is 0 Å². The second-order valence-corrected chi connectivity index (χ2v) is 4.08. The quantitative estimate of drug-likeness (QED) is 0.751. The van der Waals surface area contributed by atoms with E-state index in [4.69, 9.17) is 5.26 Å². The number of nitrogens with zero attached hydrogens (tertiary/aromatic N) is 2. The smallest absolute Gasteiger partial charge is 0.227 e. The molecular weight excluding hydrogens is 219 g/mol. The van der Waals surface area contributed by atoms with Crippen LogP contribution in [0.1, 0.15) is 24.8 Å². The molecule has 1 aromatic rings. The van der Waals surface area contributed by atoms with Gasteiger partial charge in [0.15, 0.2) is 0 Å². The largest absolute Gasteiger partial charge is 0.312 e. The Morgan fingerprint density at radius 2 is 2.24 bits per heavy atom. The van der Waals surface area contributed by atoms with E-state index in [0.29, 0.717) is 37.9 Å². The number of carbonyl (C=O) groups is 1. The number of amides is 1. The summed E-state index contributed by atoms with van der Waals surface area (Å²) in [5, 5.41) is 8.49. The molecule has 3 nitrogen and oxygen atoms in total. The number of benzene rings is 1. The zero-order valence-corrected chi connectivity index (χ0v) is 9.45. The minimum absolute atomic E-state index is 0.0149. The average molecular weight is 232 g/mol. The SMILES string of the molecule is N#CCCCN1C(=O)CCc2ccc(F)cc21. The van der Waals surface area contributed by atoms with E-state index in [0.717, 1.165) is 5.56 Å². The van der Waals surface area contributed by atoms with Crippen molar-refractivity contribution in [3.8, 4) is 6.07 Å². The number of aryl methyl sites for hydroxylation is 1. The topological polar surface area (TPSA) is 44.1 Å². The van der Waals surface area contributed by atoms with Crippen molar-refractivity contribution < 1.29 is 9.18 Å². The fraction of sp³-hybridized carbons (Fsp3) is 0.385. The second kappa shape index (κ2) is 4.96. The molecule has 4 heteroatoms. The molecule has 1 heterocycles. The first-order valence-corrected chi connectivity index (χ1v) is 5.68. The lowest BCUT2D eigenvalue weighted by molar-refractivity contribution is -0.118. The summed E-state index contributed by atoms with van der Waals surface area (Å²) < 4.78 is 13.2. The Morgan fingerprint density at radius 3 is 3.00 bits per heavy atom. The molecule has 0 aliphatic carbocycles. The number of halogens is 1. The lowest BCUT2D eigenvalue weighted by Gasteiger charge is -2.29. The molecule has 0 bridgehead atoms. The van der Waals surface area contributed by atoms with E-state index in [-0.39, 0.29) is 11.7 Å². The van der Waals surface area contributed by atoms with E-state index in [1.165, 1.54) is 12.1 Å². The van der Waals surface area contributed by atoms with Gasteiger partial charge in [0.05, 0.1) is 6.07 Å². The summed E-state index contributed by atoms with van der Waals surface area (Å²) in [5.41, 5.74) is 1.67. The predicted octanol–water partition coefficient (Wildman–Crippen LogP) is 2.41. The minimum atomic E-state index is -0.330. The molecule has 1 aromatic carbocycles. The molecule has 1 aliphatic rings. The number of nitriles is 1. The van der Waals surface area contributed by atoms with Crippen LogP contribution in [0.4, 0.5) is 10.1 Å². The van der Waals surface area contributed by atoms with E-state index >= 15 is 0 Å². The summed E-state index contributed by atoms with van der Waals surface area (Å²) in [5.74, 6) is -0.315. The minimum Gasteiger partial charge on any atom is -0.312 e. The van der Waals surface area contributed by atoms with Crippen LogP contribution in [0.15, 0.2) is 18.2 Å². The van der Waals surface area contributed by atoms with Crippen molar-refractivity contribution in [3.05, 3.63) is 29.6 Å². The van der Waals surface area contributed by atoms with Crippen LogP contribution in [0.3, 0.4) is 0 Å². The molecule has 0 saturated heterocycles. The highest BCUT2D eigenvalue weighted by Gasteiger charge is 2.23. The maximum Gasteiger partial charge on any atom is 0.227 e. The summed E-state index contributed by atoms with van der Waals surface area (Å²) in [6, 6.07) is 6.60. The van der Waals surface area contributed by atoms with Gasteiger partial charge >= 0.3 is 0 Å². The van der Waals surface area contributed by atoms with E-state index in [9.17, 15) is 9.18 Å². The molecule has 88 valence electrons. The van der Waals surface area contributed by atoms with Gasteiger partial charge in [-0.15, -0.1) is 0 Å². The van der Waals surface area contributed by atoms with Crippen molar-refractivity contribution in [2.24, 2.45) is 0 Å². The molecule has 2 rings (SSSR count). The molecule has 0 unspecified atom stereocenters. The Morgan fingerprint density at radius 1 is 1.41 bits per heavy atom. The van der Waals surface area contributed by atoms with Gasteiger partial charge in [-0.3, -0.25) is 4.79 Å². The van der Waals surface area contributed by atoms with Gasteiger partial charge in [-0.2, -0.15) is 5.26 Å². The lowest BCUT2D eigenvalue weighted by atomic mass is 10.0. The molecule has 1 amide bonds. The highest BCUT2D eigenvalue weighted by atomic mass is 19.1. The third-order valence-corrected chi connectivity index (χ3v) is 2.92. The van der Waals surface area contributed by atoms with E-state index in [1.54, 1.807) is 11.0 Å². The molecule has 0 fully saturated rings. The summed E-state index contributed by atoms with van der Waals surface area (Å²) >= 11 is 0. The van der Waals surface area contributed by atoms with Crippen LogP contribution in [0.25, 0.3) is 0 Å². The van der Waals surface area contributed by atoms with E-state index in [2.05, 4.69) is 0 Å². The number of anilines is 1. The molecule has 0 atom stereocenters. The first kappa shape index (κ1) is 11.6. The Bertz CT molecular complexity index is 479. The van der Waals surface area contributed by atoms with Gasteiger partial charge in [0.1, 0.15) is 5.82 Å². The number of fused-ring (bicyclic) bond motifs is 1. The summed E-state index contributed by atoms with van der Waals surface area (Å²) in [7, 11) is 0. The third kappa shape index (κ3) is 2.44. The molecule has 0 spiro atoms. The Labute approximate surface area is 99.5 Å². The average Bonchev–Trinajstić information content (AvgIpc) is 2.32. The summed E-state index contributed by atoms with van der Waals surface area (Å²) in [6.45, 7) is 0.489. The monoisotopic (exact) mass is 232 g/mol. The molecular formula is C13H13FN2O. The van der Waals surface area contributed by atoms with Crippen molar-refractivity contribution >= 4 is 11.6 Å². The maximum atomic E-state index is 13.2. The first-order valence-electron chi connectivity index (χ1n) is 5.68. The van der Waals surface area contributed by atoms with Crippen molar-refractivity contribution in [3.63, 3.8) is 0 Å². The number of hydrogen-bond acceptors (Lipinski definition) is 2. The maximum absolute atomic E-state index is 13.2. The van der Waals surface area contributed by atoms with Crippen LogP contribution in [0.5, 0.6) is 0 Å². The standard InChI is InChI=1S/C13H13FN2O/c14-11-5-3-10-4-6-13(17)16(12(10)9-11)8-2-1-7-15/h3,5,9H,1-2,4,6,8H2. The van der Waals surface area contributed by atoms with E-state index < -0.39 is 0 Å². The van der Waals surface area contributed by atoms with Gasteiger partial charge in [0, 0.05) is 25.1 Å². The Kier molecular flexibility index (Phi) is 3.38. The number of unbranched alkanes of at least 4 members (excludes halogenated alkanes) is 1. The Hall–Kier alpha value is -1.89. The van der Waals surface area contributed by atoms with Gasteiger partial charge in [-0.25, -0.2) is 4.39 Å². The van der Waals surface area contributed by atoms with Gasteiger partial charge < -0.3 is 4.90 Å². The van der Waals surface area contributed by atoms with Crippen LogP contribution in [0, 0.1) is 17.1 Å². The molecule has 1 aliphatic heterocycles. The van der Waals surface area contributed by atoms with Crippen LogP contribution in [-0.2, 0) is 11.2 Å². The van der Waals surface area contributed by atoms with Crippen LogP contribution in [0.2, 0.25) is 0 Å². The molecule has 0 radical (unpaired) electrons. The van der Waals surface area contributed by atoms with Crippen LogP contribution >= 0.6 is 0 Å². The normalized spacial score (nSPS) is 14.4. The Balaban J connectivity index is 2.23.